The van der Waals surface area contributed by atoms with Gasteiger partial charge in [0.25, 0.3) is 0 Å². The van der Waals surface area contributed by atoms with Gasteiger partial charge in [-0.2, -0.15) is 0 Å². The molecule has 0 aromatic heterocycles. The third kappa shape index (κ3) is 4.84. The average Bonchev–Trinajstić information content (AvgIpc) is 2.43. The van der Waals surface area contributed by atoms with Crippen LogP contribution in [0.5, 0.6) is 5.75 Å². The second-order valence-electron chi connectivity index (χ2n) is 5.31. The Morgan fingerprint density at radius 1 is 1.32 bits per heavy atom. The Hall–Kier alpha value is -1.06. The third-order valence-corrected chi connectivity index (χ3v) is 3.56. The van der Waals surface area contributed by atoms with E-state index in [2.05, 4.69) is 38.2 Å². The van der Waals surface area contributed by atoms with E-state index >= 15 is 0 Å². The molecule has 1 unspecified atom stereocenters. The van der Waals surface area contributed by atoms with Crippen molar-refractivity contribution in [3.05, 3.63) is 29.3 Å². The molecular weight excluding hydrogens is 238 g/mol. The van der Waals surface area contributed by atoms with Gasteiger partial charge in [0.15, 0.2) is 0 Å². The number of rotatable bonds is 8. The summed E-state index contributed by atoms with van der Waals surface area (Å²) in [4.78, 5) is 0. The maximum atomic E-state index is 9.18. The average molecular weight is 265 g/mol. The molecule has 0 heterocycles. The second-order valence-corrected chi connectivity index (χ2v) is 5.31. The lowest BCUT2D eigenvalue weighted by Crippen LogP contribution is -2.24. The van der Waals surface area contributed by atoms with E-state index in [-0.39, 0.29) is 6.61 Å². The summed E-state index contributed by atoms with van der Waals surface area (Å²) in [6, 6.07) is 6.36. The first-order valence-electron chi connectivity index (χ1n) is 7.10. The molecule has 0 fully saturated rings. The van der Waals surface area contributed by atoms with E-state index in [0.717, 1.165) is 25.3 Å². The maximum Gasteiger partial charge on any atom is 0.123 e. The van der Waals surface area contributed by atoms with Gasteiger partial charge < -0.3 is 15.2 Å². The van der Waals surface area contributed by atoms with Gasteiger partial charge in [0.2, 0.25) is 0 Å². The molecule has 0 aliphatic heterocycles. The molecular formula is C16H27NO2. The minimum Gasteiger partial charge on any atom is -0.496 e. The molecule has 2 N–H and O–H groups in total. The van der Waals surface area contributed by atoms with E-state index < -0.39 is 0 Å². The fourth-order valence-corrected chi connectivity index (χ4v) is 2.04. The fraction of sp³-hybridized carbons (Fsp3) is 0.625. The molecule has 0 saturated heterocycles. The Bertz CT molecular complexity index is 373. The van der Waals surface area contributed by atoms with Gasteiger partial charge in [-0.1, -0.05) is 32.9 Å². The molecule has 0 amide bonds. The van der Waals surface area contributed by atoms with E-state index in [1.54, 1.807) is 7.11 Å². The van der Waals surface area contributed by atoms with Gasteiger partial charge in [-0.3, -0.25) is 0 Å². The highest BCUT2D eigenvalue weighted by Gasteiger charge is 2.08. The van der Waals surface area contributed by atoms with E-state index in [9.17, 15) is 5.11 Å². The van der Waals surface area contributed by atoms with Gasteiger partial charge in [0.1, 0.15) is 5.75 Å². The molecule has 0 bridgehead atoms. The Morgan fingerprint density at radius 2 is 2.05 bits per heavy atom. The zero-order valence-electron chi connectivity index (χ0n) is 12.6. The van der Waals surface area contributed by atoms with Crippen molar-refractivity contribution in [2.24, 2.45) is 5.92 Å². The van der Waals surface area contributed by atoms with Crippen LogP contribution in [0.15, 0.2) is 18.2 Å². The van der Waals surface area contributed by atoms with Crippen molar-refractivity contribution in [2.45, 2.75) is 39.7 Å². The predicted molar refractivity (Wildman–Crippen MR) is 79.7 cm³/mol. The number of nitrogens with one attached hydrogen (secondary N) is 1. The van der Waals surface area contributed by atoms with Crippen LogP contribution >= 0.6 is 0 Å². The van der Waals surface area contributed by atoms with Crippen molar-refractivity contribution in [3.8, 4) is 5.75 Å². The molecule has 0 radical (unpaired) electrons. The largest absolute Gasteiger partial charge is 0.496 e. The van der Waals surface area contributed by atoms with Gasteiger partial charge >= 0.3 is 0 Å². The maximum absolute atomic E-state index is 9.18. The van der Waals surface area contributed by atoms with Crippen molar-refractivity contribution >= 4 is 0 Å². The van der Waals surface area contributed by atoms with Gasteiger partial charge in [0.05, 0.1) is 7.11 Å². The molecule has 0 spiro atoms. The van der Waals surface area contributed by atoms with Gasteiger partial charge in [0, 0.05) is 25.3 Å². The summed E-state index contributed by atoms with van der Waals surface area (Å²) >= 11 is 0. The quantitative estimate of drug-likeness (QED) is 0.759. The molecule has 3 nitrogen and oxygen atoms in total. The van der Waals surface area contributed by atoms with Crippen molar-refractivity contribution in [3.63, 3.8) is 0 Å². The van der Waals surface area contributed by atoms with Crippen molar-refractivity contribution < 1.29 is 9.84 Å². The molecule has 1 rings (SSSR count). The molecule has 0 saturated carbocycles. The van der Waals surface area contributed by atoms with Crippen LogP contribution in [0.2, 0.25) is 0 Å². The number of aliphatic hydroxyl groups is 1. The van der Waals surface area contributed by atoms with E-state index in [1.807, 2.05) is 6.07 Å². The number of methoxy groups -OCH3 is 1. The smallest absolute Gasteiger partial charge is 0.123 e. The third-order valence-electron chi connectivity index (χ3n) is 3.56. The summed E-state index contributed by atoms with van der Waals surface area (Å²) in [6.45, 7) is 8.34. The SMILES string of the molecule is CCC(CO)CNCc1cc(C(C)C)ccc1OC. The first-order valence-corrected chi connectivity index (χ1v) is 7.10. The van der Waals surface area contributed by atoms with E-state index in [4.69, 9.17) is 4.74 Å². The summed E-state index contributed by atoms with van der Waals surface area (Å²) in [6.07, 6.45) is 0.993. The monoisotopic (exact) mass is 265 g/mol. The number of aliphatic hydroxyl groups excluding tert-OH is 1. The standard InChI is InChI=1S/C16H27NO2/c1-5-13(11-18)9-17-10-15-8-14(12(2)3)6-7-16(15)19-4/h6-8,12-13,17-18H,5,9-11H2,1-4H3. The summed E-state index contributed by atoms with van der Waals surface area (Å²) in [7, 11) is 1.70. The number of hydrogen-bond donors (Lipinski definition) is 2. The van der Waals surface area contributed by atoms with Gasteiger partial charge in [-0.05, 0) is 29.9 Å². The summed E-state index contributed by atoms with van der Waals surface area (Å²) in [5, 5.41) is 12.6. The lowest BCUT2D eigenvalue weighted by molar-refractivity contribution is 0.218. The lowest BCUT2D eigenvalue weighted by Gasteiger charge is -2.16. The lowest BCUT2D eigenvalue weighted by atomic mass is 10.00. The summed E-state index contributed by atoms with van der Waals surface area (Å²) < 4.78 is 5.40. The van der Waals surface area contributed by atoms with Crippen molar-refractivity contribution in [1.82, 2.24) is 5.32 Å². The van der Waals surface area contributed by atoms with E-state index in [0.29, 0.717) is 11.8 Å². The van der Waals surface area contributed by atoms with Crippen LogP contribution in [0, 0.1) is 5.92 Å². The van der Waals surface area contributed by atoms with Crippen LogP contribution in [0.1, 0.15) is 44.2 Å². The van der Waals surface area contributed by atoms with Crippen LogP contribution in [-0.4, -0.2) is 25.4 Å². The Balaban J connectivity index is 2.67. The molecule has 1 aromatic carbocycles. The zero-order valence-corrected chi connectivity index (χ0v) is 12.6. The molecule has 0 aliphatic carbocycles. The van der Waals surface area contributed by atoms with E-state index in [1.165, 1.54) is 11.1 Å². The van der Waals surface area contributed by atoms with Crippen LogP contribution in [0.25, 0.3) is 0 Å². The molecule has 1 aromatic rings. The molecule has 0 aliphatic rings. The van der Waals surface area contributed by atoms with Gasteiger partial charge in [-0.25, -0.2) is 0 Å². The predicted octanol–water partition coefficient (Wildman–Crippen LogP) is 2.93. The zero-order chi connectivity index (χ0) is 14.3. The first-order chi connectivity index (χ1) is 9.12. The number of ether oxygens (including phenoxy) is 1. The summed E-state index contributed by atoms with van der Waals surface area (Å²) in [5.41, 5.74) is 2.51. The molecule has 19 heavy (non-hydrogen) atoms. The molecule has 108 valence electrons. The molecule has 1 atom stereocenters. The van der Waals surface area contributed by atoms with Crippen LogP contribution in [0.3, 0.4) is 0 Å². The fourth-order valence-electron chi connectivity index (χ4n) is 2.04. The Morgan fingerprint density at radius 3 is 2.58 bits per heavy atom. The number of benzene rings is 1. The highest BCUT2D eigenvalue weighted by atomic mass is 16.5. The van der Waals surface area contributed by atoms with Gasteiger partial charge in [-0.15, -0.1) is 0 Å². The second kappa shape index (κ2) is 8.18. The number of hydrogen-bond acceptors (Lipinski definition) is 3. The van der Waals surface area contributed by atoms with Crippen LogP contribution in [0.4, 0.5) is 0 Å². The Labute approximate surface area is 117 Å². The summed E-state index contributed by atoms with van der Waals surface area (Å²) in [5.74, 6) is 1.78. The molecule has 3 heteroatoms. The highest BCUT2D eigenvalue weighted by Crippen LogP contribution is 2.24. The first kappa shape index (κ1) is 16.0. The normalized spacial score (nSPS) is 12.7. The van der Waals surface area contributed by atoms with Crippen molar-refractivity contribution in [2.75, 3.05) is 20.3 Å². The van der Waals surface area contributed by atoms with Crippen molar-refractivity contribution in [1.29, 1.82) is 0 Å². The minimum atomic E-state index is 0.243. The van der Waals surface area contributed by atoms with Crippen LogP contribution < -0.4 is 10.1 Å². The minimum absolute atomic E-state index is 0.243. The topological polar surface area (TPSA) is 41.5 Å². The Kier molecular flexibility index (Phi) is 6.89. The van der Waals surface area contributed by atoms with Crippen LogP contribution in [-0.2, 0) is 6.54 Å². The highest BCUT2D eigenvalue weighted by molar-refractivity contribution is 5.38.